The van der Waals surface area contributed by atoms with Crippen LogP contribution in [0.5, 0.6) is 5.75 Å². The van der Waals surface area contributed by atoms with Crippen molar-refractivity contribution < 1.29 is 17.9 Å². The summed E-state index contributed by atoms with van der Waals surface area (Å²) < 4.78 is 30.8. The number of carbonyl (C=O) groups excluding carboxylic acids is 1. The maximum atomic E-state index is 12.8. The molecular formula is C21H24N2O4S. The molecule has 1 unspecified atom stereocenters. The highest BCUT2D eigenvalue weighted by Gasteiger charge is 2.27. The maximum Gasteiger partial charge on any atom is 0.412 e. The van der Waals surface area contributed by atoms with Crippen LogP contribution >= 0.6 is 0 Å². The maximum absolute atomic E-state index is 12.8. The van der Waals surface area contributed by atoms with E-state index in [9.17, 15) is 13.2 Å². The number of aryl methyl sites for hydroxylation is 1. The third kappa shape index (κ3) is 5.83. The summed E-state index contributed by atoms with van der Waals surface area (Å²) in [4.78, 5) is 12.1. The summed E-state index contributed by atoms with van der Waals surface area (Å²) in [6.07, 6.45) is -0.237. The molecule has 0 spiro atoms. The van der Waals surface area contributed by atoms with Crippen molar-refractivity contribution in [1.82, 2.24) is 5.32 Å². The molecule has 0 aliphatic rings. The molecule has 1 amide bonds. The van der Waals surface area contributed by atoms with E-state index >= 15 is 0 Å². The highest BCUT2D eigenvalue weighted by Crippen LogP contribution is 2.24. The van der Waals surface area contributed by atoms with Crippen molar-refractivity contribution in [3.05, 3.63) is 65.2 Å². The molecule has 0 bridgehead atoms. The van der Waals surface area contributed by atoms with E-state index < -0.39 is 27.2 Å². The lowest BCUT2D eigenvalue weighted by molar-refractivity contribution is 0.196. The Bertz CT molecular complexity index is 945. The number of sulfone groups is 1. The number of benzene rings is 2. The molecule has 0 saturated carbocycles. The van der Waals surface area contributed by atoms with Gasteiger partial charge in [0.1, 0.15) is 5.75 Å². The smallest absolute Gasteiger partial charge is 0.410 e. The van der Waals surface area contributed by atoms with Gasteiger partial charge in [-0.15, -0.1) is 0 Å². The quantitative estimate of drug-likeness (QED) is 0.760. The van der Waals surface area contributed by atoms with Gasteiger partial charge in [-0.3, -0.25) is 0 Å². The minimum atomic E-state index is -3.52. The minimum absolute atomic E-state index is 0.201. The largest absolute Gasteiger partial charge is 0.412 e. The standard InChI is InChI=1S/C21H24N2O4S/c1-4-19(23-21(24)27-20-11-5-15(2)6-12-20)14-28(25,26)16(3)18-9-7-17(13-22)8-10-18/h5-12,16,19H,4,14H2,1-3H3,(H,23,24)/t16?,19-/m0/s1. The van der Waals surface area contributed by atoms with E-state index in [1.165, 1.54) is 0 Å². The van der Waals surface area contributed by atoms with Crippen molar-refractivity contribution >= 4 is 15.9 Å². The van der Waals surface area contributed by atoms with Crippen molar-refractivity contribution in [3.8, 4) is 11.8 Å². The van der Waals surface area contributed by atoms with Gasteiger partial charge in [-0.2, -0.15) is 5.26 Å². The lowest BCUT2D eigenvalue weighted by Crippen LogP contribution is -2.41. The number of amides is 1. The van der Waals surface area contributed by atoms with Gasteiger partial charge in [0.25, 0.3) is 0 Å². The predicted octanol–water partition coefficient (Wildman–Crippen LogP) is 3.91. The normalized spacial score (nSPS) is 13.2. The van der Waals surface area contributed by atoms with Gasteiger partial charge in [0.15, 0.2) is 9.84 Å². The number of nitrogens with one attached hydrogen (secondary N) is 1. The Morgan fingerprint density at radius 3 is 2.29 bits per heavy atom. The molecule has 1 N–H and O–H groups in total. The highest BCUT2D eigenvalue weighted by molar-refractivity contribution is 7.91. The van der Waals surface area contributed by atoms with E-state index in [2.05, 4.69) is 5.32 Å². The van der Waals surface area contributed by atoms with Gasteiger partial charge in [-0.1, -0.05) is 36.8 Å². The van der Waals surface area contributed by atoms with Crippen LogP contribution in [0.3, 0.4) is 0 Å². The van der Waals surface area contributed by atoms with Gasteiger partial charge in [0.2, 0.25) is 0 Å². The third-order valence-corrected chi connectivity index (χ3v) is 6.74. The van der Waals surface area contributed by atoms with Gasteiger partial charge in [-0.25, -0.2) is 13.2 Å². The van der Waals surface area contributed by atoms with Crippen LogP contribution in [0.15, 0.2) is 48.5 Å². The molecule has 0 aliphatic heterocycles. The fourth-order valence-electron chi connectivity index (χ4n) is 2.63. The summed E-state index contributed by atoms with van der Waals surface area (Å²) in [5, 5.41) is 10.7. The van der Waals surface area contributed by atoms with Crippen molar-refractivity contribution in [1.29, 1.82) is 5.26 Å². The Hall–Kier alpha value is -2.85. The second-order valence-corrected chi connectivity index (χ2v) is 9.02. The average Bonchev–Trinajstić information content (AvgIpc) is 2.68. The summed E-state index contributed by atoms with van der Waals surface area (Å²) in [6, 6.07) is 14.9. The molecule has 7 heteroatoms. The second kappa shape index (κ2) is 9.38. The van der Waals surface area contributed by atoms with Crippen molar-refractivity contribution in [2.75, 3.05) is 5.75 Å². The van der Waals surface area contributed by atoms with Gasteiger partial charge in [0.05, 0.1) is 22.6 Å². The van der Waals surface area contributed by atoms with Crippen molar-refractivity contribution in [2.45, 2.75) is 38.5 Å². The molecule has 0 saturated heterocycles. The molecule has 148 valence electrons. The zero-order chi connectivity index (χ0) is 20.7. The molecule has 2 aromatic rings. The fraction of sp³-hybridized carbons (Fsp3) is 0.333. The fourth-order valence-corrected chi connectivity index (χ4v) is 4.37. The molecule has 28 heavy (non-hydrogen) atoms. The molecular weight excluding hydrogens is 376 g/mol. The first-order valence-electron chi connectivity index (χ1n) is 9.01. The Balaban J connectivity index is 2.01. The van der Waals surface area contributed by atoms with Crippen LogP contribution in [-0.2, 0) is 9.84 Å². The van der Waals surface area contributed by atoms with E-state index in [4.69, 9.17) is 10.00 Å². The third-order valence-electron chi connectivity index (χ3n) is 4.53. The molecule has 0 heterocycles. The van der Waals surface area contributed by atoms with Crippen LogP contribution in [0.1, 0.15) is 42.2 Å². The molecule has 0 fully saturated rings. The Morgan fingerprint density at radius 2 is 1.75 bits per heavy atom. The number of hydrogen-bond acceptors (Lipinski definition) is 5. The molecule has 2 aromatic carbocycles. The van der Waals surface area contributed by atoms with Gasteiger partial charge in [0, 0.05) is 6.04 Å². The molecule has 0 aliphatic carbocycles. The Morgan fingerprint density at radius 1 is 1.14 bits per heavy atom. The van der Waals surface area contributed by atoms with Crippen LogP contribution in [0, 0.1) is 18.3 Å². The molecule has 2 atom stereocenters. The monoisotopic (exact) mass is 400 g/mol. The first-order valence-corrected chi connectivity index (χ1v) is 10.7. The number of hydrogen-bond donors (Lipinski definition) is 1. The number of carbonyl (C=O) groups is 1. The van der Waals surface area contributed by atoms with Crippen molar-refractivity contribution in [3.63, 3.8) is 0 Å². The van der Waals surface area contributed by atoms with E-state index in [0.29, 0.717) is 23.3 Å². The van der Waals surface area contributed by atoms with Crippen molar-refractivity contribution in [2.24, 2.45) is 0 Å². The van der Waals surface area contributed by atoms with Gasteiger partial charge >= 0.3 is 6.09 Å². The molecule has 0 radical (unpaired) electrons. The topological polar surface area (TPSA) is 96.3 Å². The van der Waals surface area contributed by atoms with Crippen LogP contribution in [0.2, 0.25) is 0 Å². The van der Waals surface area contributed by atoms with Crippen LogP contribution in [0.25, 0.3) is 0 Å². The summed E-state index contributed by atoms with van der Waals surface area (Å²) in [6.45, 7) is 5.34. The SMILES string of the molecule is CC[C@@H](CS(=O)(=O)C(C)c1ccc(C#N)cc1)NC(=O)Oc1ccc(C)cc1. The van der Waals surface area contributed by atoms with Crippen LogP contribution in [-0.4, -0.2) is 26.3 Å². The number of nitrogens with zero attached hydrogens (tertiary/aromatic N) is 1. The van der Waals surface area contributed by atoms with E-state index in [1.807, 2.05) is 25.1 Å². The van der Waals surface area contributed by atoms with E-state index in [-0.39, 0.29) is 5.75 Å². The number of nitriles is 1. The molecule has 2 rings (SSSR count). The average molecular weight is 401 g/mol. The first-order chi connectivity index (χ1) is 13.2. The molecule has 0 aromatic heterocycles. The lowest BCUT2D eigenvalue weighted by Gasteiger charge is -2.20. The Labute approximate surface area is 166 Å². The van der Waals surface area contributed by atoms with E-state index in [0.717, 1.165) is 5.56 Å². The van der Waals surface area contributed by atoms with Crippen LogP contribution in [0.4, 0.5) is 4.79 Å². The first kappa shape index (κ1) is 21.5. The zero-order valence-electron chi connectivity index (χ0n) is 16.2. The number of rotatable bonds is 7. The summed E-state index contributed by atoms with van der Waals surface area (Å²) in [5.74, 6) is 0.194. The zero-order valence-corrected chi connectivity index (χ0v) is 17.0. The summed E-state index contributed by atoms with van der Waals surface area (Å²) >= 11 is 0. The van der Waals surface area contributed by atoms with E-state index in [1.54, 1.807) is 50.2 Å². The summed E-state index contributed by atoms with van der Waals surface area (Å²) in [7, 11) is -3.52. The highest BCUT2D eigenvalue weighted by atomic mass is 32.2. The van der Waals surface area contributed by atoms with Gasteiger partial charge < -0.3 is 10.1 Å². The lowest BCUT2D eigenvalue weighted by atomic mass is 10.1. The molecule has 6 nitrogen and oxygen atoms in total. The van der Waals surface area contributed by atoms with Crippen LogP contribution < -0.4 is 10.1 Å². The predicted molar refractivity (Wildman–Crippen MR) is 108 cm³/mol. The second-order valence-electron chi connectivity index (χ2n) is 6.66. The van der Waals surface area contributed by atoms with Gasteiger partial charge in [-0.05, 0) is 50.1 Å². The Kier molecular flexibility index (Phi) is 7.18. The number of ether oxygens (including phenoxy) is 1. The summed E-state index contributed by atoms with van der Waals surface area (Å²) in [5.41, 5.74) is 2.12. The minimum Gasteiger partial charge on any atom is -0.410 e.